The maximum absolute atomic E-state index is 9.66. The molecule has 0 spiro atoms. The van der Waals surface area contributed by atoms with Gasteiger partial charge in [-0.2, -0.15) is 5.06 Å². The Morgan fingerprint density at radius 3 is 2.69 bits per heavy atom. The van der Waals surface area contributed by atoms with E-state index in [2.05, 4.69) is 10.3 Å². The minimum Gasteiger partial charge on any atom is -0.352 e. The fourth-order valence-electron chi connectivity index (χ4n) is 1.22. The van der Waals surface area contributed by atoms with Crippen LogP contribution in [-0.2, 0) is 0 Å². The average molecular weight is 177 g/mol. The molecule has 0 amide bonds. The molecule has 4 heteroatoms. The van der Waals surface area contributed by atoms with Gasteiger partial charge >= 0.3 is 0 Å². The van der Waals surface area contributed by atoms with Crippen LogP contribution in [0.3, 0.4) is 0 Å². The maximum atomic E-state index is 9.66. The number of aliphatic imine (C=N–C) groups is 1. The molecule has 1 aliphatic rings. The number of benzene rings is 1. The summed E-state index contributed by atoms with van der Waals surface area (Å²) in [6.45, 7) is 1.51. The lowest BCUT2D eigenvalue weighted by molar-refractivity contribution is 0.309. The number of nitrogens with zero attached hydrogens (tertiary/aromatic N) is 2. The smallest absolute Gasteiger partial charge is 0.223 e. The lowest BCUT2D eigenvalue weighted by atomic mass is 10.3. The Morgan fingerprint density at radius 2 is 2.08 bits per heavy atom. The summed E-state index contributed by atoms with van der Waals surface area (Å²) in [4.78, 5) is 4.09. The molecule has 13 heavy (non-hydrogen) atoms. The van der Waals surface area contributed by atoms with Crippen LogP contribution in [0.1, 0.15) is 0 Å². The van der Waals surface area contributed by atoms with E-state index >= 15 is 0 Å². The van der Waals surface area contributed by atoms with Crippen molar-refractivity contribution in [2.45, 2.75) is 0 Å². The van der Waals surface area contributed by atoms with E-state index in [4.69, 9.17) is 0 Å². The van der Waals surface area contributed by atoms with E-state index < -0.39 is 0 Å². The minimum absolute atomic E-state index is 0.520. The molecule has 1 aromatic carbocycles. The maximum Gasteiger partial charge on any atom is 0.223 e. The predicted molar refractivity (Wildman–Crippen MR) is 51.0 cm³/mol. The molecule has 4 nitrogen and oxygen atoms in total. The van der Waals surface area contributed by atoms with Crippen LogP contribution in [0, 0.1) is 0 Å². The Kier molecular flexibility index (Phi) is 2.14. The molecule has 0 bridgehead atoms. The molecule has 0 saturated heterocycles. The summed E-state index contributed by atoms with van der Waals surface area (Å²) >= 11 is 0. The van der Waals surface area contributed by atoms with Gasteiger partial charge in [0.1, 0.15) is 0 Å². The van der Waals surface area contributed by atoms with Crippen molar-refractivity contribution in [3.8, 4) is 0 Å². The van der Waals surface area contributed by atoms with Crippen molar-refractivity contribution in [1.82, 2.24) is 5.32 Å². The van der Waals surface area contributed by atoms with Gasteiger partial charge in [0, 0.05) is 6.54 Å². The first-order chi connectivity index (χ1) is 6.38. The second-order valence-corrected chi connectivity index (χ2v) is 2.78. The second-order valence-electron chi connectivity index (χ2n) is 2.78. The highest BCUT2D eigenvalue weighted by molar-refractivity contribution is 5.94. The van der Waals surface area contributed by atoms with Crippen LogP contribution in [0.4, 0.5) is 5.69 Å². The van der Waals surface area contributed by atoms with Crippen LogP contribution in [0.15, 0.2) is 35.3 Å². The van der Waals surface area contributed by atoms with Crippen LogP contribution in [0.5, 0.6) is 0 Å². The summed E-state index contributed by atoms with van der Waals surface area (Å²) in [5, 5.41) is 13.7. The van der Waals surface area contributed by atoms with Gasteiger partial charge in [0.25, 0.3) is 0 Å². The molecular formula is C9H11N3O. The van der Waals surface area contributed by atoms with Crippen molar-refractivity contribution in [3.63, 3.8) is 0 Å². The van der Waals surface area contributed by atoms with E-state index in [-0.39, 0.29) is 0 Å². The molecule has 0 saturated carbocycles. The molecule has 0 radical (unpaired) electrons. The first-order valence-corrected chi connectivity index (χ1v) is 4.20. The topological polar surface area (TPSA) is 47.9 Å². The first kappa shape index (κ1) is 8.07. The number of hydrogen-bond acceptors (Lipinski definition) is 4. The van der Waals surface area contributed by atoms with E-state index in [1.54, 1.807) is 0 Å². The molecule has 0 atom stereocenters. The Labute approximate surface area is 76.5 Å². The van der Waals surface area contributed by atoms with Crippen LogP contribution < -0.4 is 10.4 Å². The van der Waals surface area contributed by atoms with Crippen molar-refractivity contribution in [1.29, 1.82) is 0 Å². The molecular weight excluding hydrogens is 166 g/mol. The van der Waals surface area contributed by atoms with Gasteiger partial charge in [0.15, 0.2) is 0 Å². The summed E-state index contributed by atoms with van der Waals surface area (Å²) in [5.74, 6) is 0.520. The normalized spacial score (nSPS) is 15.0. The monoisotopic (exact) mass is 177 g/mol. The summed E-state index contributed by atoms with van der Waals surface area (Å²) < 4.78 is 0. The minimum atomic E-state index is 0.520. The van der Waals surface area contributed by atoms with Gasteiger partial charge in [0.2, 0.25) is 5.96 Å². The Morgan fingerprint density at radius 1 is 1.31 bits per heavy atom. The van der Waals surface area contributed by atoms with Gasteiger partial charge in [-0.15, -0.1) is 0 Å². The summed E-state index contributed by atoms with van der Waals surface area (Å²) in [7, 11) is 0. The zero-order valence-electron chi connectivity index (χ0n) is 7.14. The Balaban J connectivity index is 2.17. The van der Waals surface area contributed by atoms with E-state index in [1.807, 2.05) is 30.3 Å². The highest BCUT2D eigenvalue weighted by atomic mass is 16.5. The quantitative estimate of drug-likeness (QED) is 0.625. The number of rotatable bonds is 1. The lowest BCUT2D eigenvalue weighted by Crippen LogP contribution is -2.36. The third-order valence-corrected chi connectivity index (χ3v) is 1.86. The number of hydrogen-bond donors (Lipinski definition) is 2. The number of hydroxylamine groups is 1. The van der Waals surface area contributed by atoms with Gasteiger partial charge in [-0.25, -0.2) is 4.99 Å². The van der Waals surface area contributed by atoms with Crippen LogP contribution in [0.2, 0.25) is 0 Å². The second kappa shape index (κ2) is 3.45. The van der Waals surface area contributed by atoms with Crippen molar-refractivity contribution < 1.29 is 5.21 Å². The zero-order chi connectivity index (χ0) is 9.10. The lowest BCUT2D eigenvalue weighted by Gasteiger charge is -2.15. The molecule has 0 fully saturated rings. The largest absolute Gasteiger partial charge is 0.352 e. The predicted octanol–water partition coefficient (Wildman–Crippen LogP) is 0.841. The van der Waals surface area contributed by atoms with Crippen molar-refractivity contribution in [3.05, 3.63) is 30.3 Å². The van der Waals surface area contributed by atoms with Crippen molar-refractivity contribution in [2.24, 2.45) is 4.99 Å². The van der Waals surface area contributed by atoms with Gasteiger partial charge < -0.3 is 5.32 Å². The molecule has 0 aliphatic carbocycles. The third-order valence-electron chi connectivity index (χ3n) is 1.86. The van der Waals surface area contributed by atoms with E-state index in [1.165, 1.54) is 0 Å². The zero-order valence-corrected chi connectivity index (χ0v) is 7.14. The first-order valence-electron chi connectivity index (χ1n) is 4.20. The van der Waals surface area contributed by atoms with Gasteiger partial charge in [0.05, 0.1) is 12.2 Å². The molecule has 1 aliphatic heterocycles. The van der Waals surface area contributed by atoms with Crippen molar-refractivity contribution >= 4 is 11.6 Å². The Hall–Kier alpha value is -1.55. The van der Waals surface area contributed by atoms with Gasteiger partial charge in [-0.1, -0.05) is 18.2 Å². The summed E-state index contributed by atoms with van der Waals surface area (Å²) in [5.41, 5.74) is 0.718. The molecule has 0 aromatic heterocycles. The number of guanidine groups is 1. The Bertz CT molecular complexity index is 310. The average Bonchev–Trinajstić information content (AvgIpc) is 2.71. The van der Waals surface area contributed by atoms with Gasteiger partial charge in [-0.05, 0) is 12.1 Å². The van der Waals surface area contributed by atoms with E-state index in [0.717, 1.165) is 23.8 Å². The van der Waals surface area contributed by atoms with Crippen LogP contribution in [0.25, 0.3) is 0 Å². The fraction of sp³-hybridized carbons (Fsp3) is 0.222. The van der Waals surface area contributed by atoms with E-state index in [9.17, 15) is 5.21 Å². The number of para-hydroxylation sites is 1. The highest BCUT2D eigenvalue weighted by Crippen LogP contribution is 2.11. The SMILES string of the molecule is ON(C1=NCCN1)c1ccccc1. The molecule has 1 heterocycles. The van der Waals surface area contributed by atoms with Crippen molar-refractivity contribution in [2.75, 3.05) is 18.2 Å². The highest BCUT2D eigenvalue weighted by Gasteiger charge is 2.13. The van der Waals surface area contributed by atoms with Gasteiger partial charge in [-0.3, -0.25) is 5.21 Å². The van der Waals surface area contributed by atoms with Crippen LogP contribution >= 0.6 is 0 Å². The fourth-order valence-corrected chi connectivity index (χ4v) is 1.22. The van der Waals surface area contributed by atoms with Crippen LogP contribution in [-0.4, -0.2) is 24.3 Å². The van der Waals surface area contributed by atoms with E-state index in [0.29, 0.717) is 5.96 Å². The molecule has 2 N–H and O–H groups in total. The molecule has 2 rings (SSSR count). The molecule has 0 unspecified atom stereocenters. The summed E-state index contributed by atoms with van der Waals surface area (Å²) in [6.07, 6.45) is 0. The summed E-state index contributed by atoms with van der Waals surface area (Å²) in [6, 6.07) is 9.29. The molecule has 1 aromatic rings. The third kappa shape index (κ3) is 1.62. The number of nitrogens with one attached hydrogen (secondary N) is 1. The molecule has 68 valence electrons. The number of anilines is 1. The standard InChI is InChI=1S/C9H11N3O/c13-12(9-10-6-7-11-9)8-4-2-1-3-5-8/h1-5,13H,6-7H2,(H,10,11).